The van der Waals surface area contributed by atoms with Gasteiger partial charge in [-0.1, -0.05) is 30.3 Å². The highest BCUT2D eigenvalue weighted by Crippen LogP contribution is 2.42. The summed E-state index contributed by atoms with van der Waals surface area (Å²) in [4.78, 5) is 16.5. The smallest absolute Gasteiger partial charge is 0.411 e. The highest BCUT2D eigenvalue weighted by Gasteiger charge is 2.54. The van der Waals surface area contributed by atoms with Gasteiger partial charge in [0.2, 0.25) is 0 Å². The Labute approximate surface area is 153 Å². The van der Waals surface area contributed by atoms with Crippen LogP contribution in [0.3, 0.4) is 0 Å². The maximum absolute atomic E-state index is 13.3. The lowest BCUT2D eigenvalue weighted by Gasteiger charge is -2.47. The molecule has 2 fully saturated rings. The van der Waals surface area contributed by atoms with Crippen LogP contribution < -0.4 is 0 Å². The predicted octanol–water partition coefficient (Wildman–Crippen LogP) is 4.42. The molecule has 0 aromatic heterocycles. The van der Waals surface area contributed by atoms with Crippen molar-refractivity contribution in [2.24, 2.45) is 0 Å². The lowest BCUT2D eigenvalue weighted by atomic mass is 9.94. The quantitative estimate of drug-likeness (QED) is 0.796. The van der Waals surface area contributed by atoms with Crippen LogP contribution in [0.5, 0.6) is 0 Å². The number of fused-ring (bicyclic) bond motifs is 2. The molecule has 0 unspecified atom stereocenters. The van der Waals surface area contributed by atoms with Crippen molar-refractivity contribution in [2.45, 2.75) is 57.3 Å². The fourth-order valence-corrected chi connectivity index (χ4v) is 4.10. The van der Waals surface area contributed by atoms with Crippen LogP contribution in [0.15, 0.2) is 42.5 Å². The first-order valence-electron chi connectivity index (χ1n) is 9.01. The van der Waals surface area contributed by atoms with Gasteiger partial charge < -0.3 is 4.74 Å². The molecule has 1 aromatic rings. The van der Waals surface area contributed by atoms with Gasteiger partial charge in [-0.15, -0.1) is 0 Å². The molecule has 1 amide bonds. The van der Waals surface area contributed by atoms with Gasteiger partial charge in [0.05, 0.1) is 5.54 Å². The molecule has 2 aliphatic heterocycles. The molecule has 2 atom stereocenters. The van der Waals surface area contributed by atoms with Crippen molar-refractivity contribution >= 4 is 6.09 Å². The van der Waals surface area contributed by atoms with Gasteiger partial charge in [0.25, 0.3) is 6.08 Å². The summed E-state index contributed by atoms with van der Waals surface area (Å²) in [5.41, 5.74) is -0.520. The van der Waals surface area contributed by atoms with Gasteiger partial charge in [-0.2, -0.15) is 8.78 Å². The van der Waals surface area contributed by atoms with Crippen molar-refractivity contribution in [1.29, 1.82) is 0 Å². The van der Waals surface area contributed by atoms with E-state index in [1.165, 1.54) is 0 Å². The van der Waals surface area contributed by atoms with Crippen molar-refractivity contribution in [3.63, 3.8) is 0 Å². The first-order chi connectivity index (χ1) is 12.2. The number of hydrogen-bond acceptors (Lipinski definition) is 3. The highest BCUT2D eigenvalue weighted by atomic mass is 19.3. The van der Waals surface area contributed by atoms with Gasteiger partial charge in [0.1, 0.15) is 5.60 Å². The van der Waals surface area contributed by atoms with E-state index in [9.17, 15) is 13.6 Å². The van der Waals surface area contributed by atoms with Crippen LogP contribution in [0, 0.1) is 0 Å². The maximum Gasteiger partial charge on any atom is 0.411 e. The SMILES string of the molecule is CC(C)(C)OC(=O)N1[C@@H]2CC[C@@]1(C=C(F)F)CN(Cc1ccccc1)C2. The summed E-state index contributed by atoms with van der Waals surface area (Å²) in [6.45, 7) is 7.10. The lowest BCUT2D eigenvalue weighted by molar-refractivity contribution is -0.0225. The van der Waals surface area contributed by atoms with E-state index in [1.54, 1.807) is 25.7 Å². The number of likely N-dealkylation sites (tertiary alicyclic amines) is 1. The number of nitrogens with zero attached hydrogens (tertiary/aromatic N) is 2. The molecule has 3 rings (SSSR count). The molecule has 2 bridgehead atoms. The van der Waals surface area contributed by atoms with E-state index in [0.29, 0.717) is 32.5 Å². The molecule has 6 heteroatoms. The monoisotopic (exact) mass is 364 g/mol. The zero-order chi connectivity index (χ0) is 18.9. The van der Waals surface area contributed by atoms with Gasteiger partial charge in [0.15, 0.2) is 0 Å². The van der Waals surface area contributed by atoms with Crippen LogP contribution in [-0.2, 0) is 11.3 Å². The Bertz CT molecular complexity index is 683. The summed E-state index contributed by atoms with van der Waals surface area (Å²) in [5, 5.41) is 0. The van der Waals surface area contributed by atoms with E-state index in [2.05, 4.69) is 4.90 Å². The average Bonchev–Trinajstić information content (AvgIpc) is 2.74. The molecule has 0 N–H and O–H groups in total. The molecule has 2 saturated heterocycles. The molecule has 2 heterocycles. The van der Waals surface area contributed by atoms with Crippen molar-refractivity contribution in [3.05, 3.63) is 48.1 Å². The first-order valence-corrected chi connectivity index (χ1v) is 9.01. The van der Waals surface area contributed by atoms with Gasteiger partial charge in [-0.3, -0.25) is 9.80 Å². The van der Waals surface area contributed by atoms with E-state index in [0.717, 1.165) is 11.6 Å². The van der Waals surface area contributed by atoms with Crippen LogP contribution in [-0.4, -0.2) is 46.2 Å². The maximum atomic E-state index is 13.3. The van der Waals surface area contributed by atoms with Crippen molar-refractivity contribution in [2.75, 3.05) is 13.1 Å². The number of ether oxygens (including phenoxy) is 1. The summed E-state index contributed by atoms with van der Waals surface area (Å²) in [6.07, 6.45) is -0.0697. The Morgan fingerprint density at radius 1 is 1.31 bits per heavy atom. The van der Waals surface area contributed by atoms with Crippen molar-refractivity contribution in [1.82, 2.24) is 9.80 Å². The summed E-state index contributed by atoms with van der Waals surface area (Å²) < 4.78 is 32.0. The summed E-state index contributed by atoms with van der Waals surface area (Å²) in [7, 11) is 0. The number of hydrogen-bond donors (Lipinski definition) is 0. The first kappa shape index (κ1) is 18.8. The zero-order valence-electron chi connectivity index (χ0n) is 15.5. The van der Waals surface area contributed by atoms with Crippen LogP contribution in [0.25, 0.3) is 0 Å². The third kappa shape index (κ3) is 4.06. The fourth-order valence-electron chi connectivity index (χ4n) is 4.10. The van der Waals surface area contributed by atoms with E-state index < -0.39 is 23.3 Å². The van der Waals surface area contributed by atoms with Crippen LogP contribution in [0.2, 0.25) is 0 Å². The normalized spacial score (nSPS) is 25.9. The minimum absolute atomic E-state index is 0.113. The molecule has 0 spiro atoms. The van der Waals surface area contributed by atoms with E-state index in [-0.39, 0.29) is 6.04 Å². The van der Waals surface area contributed by atoms with Gasteiger partial charge in [0, 0.05) is 31.8 Å². The molecular weight excluding hydrogens is 338 g/mol. The molecule has 0 saturated carbocycles. The molecular formula is C20H26F2N2O2. The number of halogens is 2. The number of amides is 1. The number of carbonyl (C=O) groups excluding carboxylic acids is 1. The number of carbonyl (C=O) groups is 1. The Balaban J connectivity index is 1.85. The zero-order valence-corrected chi connectivity index (χ0v) is 15.5. The third-order valence-electron chi connectivity index (χ3n) is 4.94. The van der Waals surface area contributed by atoms with Crippen LogP contribution in [0.4, 0.5) is 13.6 Å². The van der Waals surface area contributed by atoms with E-state index >= 15 is 0 Å². The molecule has 142 valence electrons. The molecule has 0 aliphatic carbocycles. The summed E-state index contributed by atoms with van der Waals surface area (Å²) in [5.74, 6) is 0. The minimum atomic E-state index is -1.75. The fraction of sp³-hybridized carbons (Fsp3) is 0.550. The Morgan fingerprint density at radius 3 is 2.62 bits per heavy atom. The van der Waals surface area contributed by atoms with Crippen molar-refractivity contribution < 1.29 is 18.3 Å². The summed E-state index contributed by atoms with van der Waals surface area (Å²) >= 11 is 0. The number of benzene rings is 1. The van der Waals surface area contributed by atoms with Gasteiger partial charge >= 0.3 is 6.09 Å². The third-order valence-corrected chi connectivity index (χ3v) is 4.94. The van der Waals surface area contributed by atoms with Crippen molar-refractivity contribution in [3.8, 4) is 0 Å². The molecule has 1 aromatic carbocycles. The number of rotatable bonds is 3. The van der Waals surface area contributed by atoms with Gasteiger partial charge in [-0.05, 0) is 39.2 Å². The van der Waals surface area contributed by atoms with E-state index in [4.69, 9.17) is 4.74 Å². The topological polar surface area (TPSA) is 32.8 Å². The predicted molar refractivity (Wildman–Crippen MR) is 95.8 cm³/mol. The standard InChI is InChI=1S/C20H26F2N2O2/c1-19(2,3)26-18(25)24-16-9-10-20(24,11-17(21)22)14-23(13-16)12-15-7-5-4-6-8-15/h4-8,11,16H,9-10,12-14H2,1-3H3/t16-,20-/m1/s1. The second kappa shape index (κ2) is 6.99. The number of piperazine rings is 1. The second-order valence-electron chi connectivity index (χ2n) is 8.24. The molecule has 0 radical (unpaired) electrons. The van der Waals surface area contributed by atoms with E-state index in [1.807, 2.05) is 30.3 Å². The minimum Gasteiger partial charge on any atom is -0.444 e. The summed E-state index contributed by atoms with van der Waals surface area (Å²) in [6, 6.07) is 9.84. The second-order valence-corrected chi connectivity index (χ2v) is 8.24. The van der Waals surface area contributed by atoms with Gasteiger partial charge in [-0.25, -0.2) is 4.79 Å². The largest absolute Gasteiger partial charge is 0.444 e. The molecule has 26 heavy (non-hydrogen) atoms. The Morgan fingerprint density at radius 2 is 2.00 bits per heavy atom. The Hall–Kier alpha value is -1.95. The van der Waals surface area contributed by atoms with Crippen LogP contribution >= 0.6 is 0 Å². The Kier molecular flexibility index (Phi) is 5.06. The average molecular weight is 364 g/mol. The lowest BCUT2D eigenvalue weighted by Crippen LogP contribution is -2.62. The molecule has 4 nitrogen and oxygen atoms in total. The highest BCUT2D eigenvalue weighted by molar-refractivity contribution is 5.71. The molecule has 2 aliphatic rings. The van der Waals surface area contributed by atoms with Crippen LogP contribution in [0.1, 0.15) is 39.2 Å².